The van der Waals surface area contributed by atoms with E-state index in [0.29, 0.717) is 22.3 Å². The third-order valence-electron chi connectivity index (χ3n) is 4.22. The molecule has 0 atom stereocenters. The van der Waals surface area contributed by atoms with Gasteiger partial charge in [-0.3, -0.25) is 0 Å². The van der Waals surface area contributed by atoms with Crippen molar-refractivity contribution in [3.8, 4) is 0 Å². The van der Waals surface area contributed by atoms with Gasteiger partial charge in [0.05, 0.1) is 23.9 Å². The maximum absolute atomic E-state index is 9.97. The Bertz CT molecular complexity index is 660. The number of hydrogen-bond acceptors (Lipinski definition) is 8. The van der Waals surface area contributed by atoms with Crippen molar-refractivity contribution in [2.75, 3.05) is 0 Å². The predicted octanol–water partition coefficient (Wildman–Crippen LogP) is -0.0104. The average molecular weight is 660 g/mol. The third kappa shape index (κ3) is 25.9. The molecule has 0 N–H and O–H groups in total. The van der Waals surface area contributed by atoms with E-state index >= 15 is 0 Å². The molecule has 8 nitrogen and oxygen atoms in total. The van der Waals surface area contributed by atoms with Crippen LogP contribution in [0.1, 0.15) is 83.1 Å². The summed E-state index contributed by atoms with van der Waals surface area (Å²) in [5, 5.41) is 39.9. The maximum atomic E-state index is 9.97. The van der Waals surface area contributed by atoms with Crippen LogP contribution in [0.4, 0.5) is 0 Å². The summed E-state index contributed by atoms with van der Waals surface area (Å²) >= 11 is 0. The Morgan fingerprint density at radius 2 is 0.424 bits per heavy atom. The second kappa shape index (κ2) is 21.6. The molecule has 0 aliphatic heterocycles. The van der Waals surface area contributed by atoms with Crippen LogP contribution in [0.5, 0.6) is 0 Å². The monoisotopic (exact) mass is 660 g/mol. The van der Waals surface area contributed by atoms with Gasteiger partial charge in [-0.2, -0.15) is 0 Å². The summed E-state index contributed by atoms with van der Waals surface area (Å²) in [7, 11) is 0. The zero-order chi connectivity index (χ0) is 26.9. The summed E-state index contributed by atoms with van der Waals surface area (Å²) in [5.74, 6) is -4.31. The molecule has 0 amide bonds. The molecule has 0 aliphatic carbocycles. The van der Waals surface area contributed by atoms with Gasteiger partial charge in [-0.1, -0.05) is 22.3 Å². The van der Waals surface area contributed by atoms with Crippen molar-refractivity contribution in [1.29, 1.82) is 0 Å². The summed E-state index contributed by atoms with van der Waals surface area (Å²) < 4.78 is 0. The van der Waals surface area contributed by atoms with Crippen molar-refractivity contribution in [2.24, 2.45) is 0 Å². The molecule has 0 spiro atoms. The van der Waals surface area contributed by atoms with Crippen LogP contribution in [0.25, 0.3) is 0 Å². The minimum Gasteiger partial charge on any atom is -0.545 e. The smallest absolute Gasteiger partial charge is 0.0671 e. The van der Waals surface area contributed by atoms with Crippen LogP contribution in [0, 0.1) is 0 Å². The zero-order valence-electron chi connectivity index (χ0n) is 21.8. The van der Waals surface area contributed by atoms with Gasteiger partial charge in [-0.05, 0) is 105 Å². The number of carboxylic acid groups (broad SMARTS) is 4. The Hall–Kier alpha value is -2.24. The van der Waals surface area contributed by atoms with Crippen LogP contribution in [0.2, 0.25) is 0 Å². The topological polar surface area (TPSA) is 161 Å². The van der Waals surface area contributed by atoms with Crippen LogP contribution in [-0.2, 0) is 19.2 Å². The van der Waals surface area contributed by atoms with Crippen LogP contribution in [-0.4, -0.2) is 51.2 Å². The van der Waals surface area contributed by atoms with Crippen molar-refractivity contribution in [3.05, 3.63) is 44.6 Å². The molecule has 0 bridgehead atoms. The van der Waals surface area contributed by atoms with E-state index in [4.69, 9.17) is 0 Å². The Balaban J connectivity index is -0.000000105. The van der Waals surface area contributed by atoms with Gasteiger partial charge in [0.2, 0.25) is 0 Å². The summed E-state index contributed by atoms with van der Waals surface area (Å²) in [6, 6.07) is 0. The number of carbonyl (C=O) groups is 4. The first-order valence-corrected chi connectivity index (χ1v) is 9.63. The molecule has 4 radical (unpaired) electrons. The van der Waals surface area contributed by atoms with Crippen molar-refractivity contribution in [3.63, 3.8) is 0 Å². The molecule has 0 aromatic carbocycles. The van der Waals surface area contributed by atoms with Gasteiger partial charge < -0.3 is 39.6 Å². The molecular formula is C24H36O8Pb-4. The molecular weight excluding hydrogens is 623 g/mol. The maximum Gasteiger partial charge on any atom is 0.0671 e. The number of hydrogen-bond donors (Lipinski definition) is 0. The van der Waals surface area contributed by atoms with Gasteiger partial charge in [0, 0.05) is 27.3 Å². The van der Waals surface area contributed by atoms with Gasteiger partial charge in [0.25, 0.3) is 0 Å². The molecule has 0 aromatic heterocycles. The molecule has 0 aliphatic rings. The van der Waals surface area contributed by atoms with E-state index in [2.05, 4.69) is 0 Å². The molecule has 0 heterocycles. The summed E-state index contributed by atoms with van der Waals surface area (Å²) in [6.07, 6.45) is 0. The van der Waals surface area contributed by atoms with E-state index in [1.54, 1.807) is 55.4 Å². The van der Waals surface area contributed by atoms with E-state index in [-0.39, 0.29) is 27.3 Å². The Kier molecular flexibility index (Phi) is 26.9. The SMILES string of the molecule is CC(C)=C(C)C(=O)[O-].CC(C)=C(C)C(=O)[O-].CC(C)=C(C)C(=O)[O-].CC(C)=C(C)C(=O)[O-].[Pb]. The fourth-order valence-electron chi connectivity index (χ4n) is 0.816. The summed E-state index contributed by atoms with van der Waals surface area (Å²) in [4.78, 5) is 39.9. The number of carbonyl (C=O) groups excluding carboxylic acids is 4. The largest absolute Gasteiger partial charge is 0.545 e. The third-order valence-corrected chi connectivity index (χ3v) is 4.22. The van der Waals surface area contributed by atoms with Crippen molar-refractivity contribution in [2.45, 2.75) is 83.1 Å². The number of aliphatic carboxylic acids is 4. The first-order chi connectivity index (χ1) is 14.2. The standard InChI is InChI=1S/4C6H10O2.Pb/c4*1-4(2)5(3)6(7)8;/h4*1-3H3,(H,7,8);/p-4. The van der Waals surface area contributed by atoms with Gasteiger partial charge in [0.15, 0.2) is 0 Å². The van der Waals surface area contributed by atoms with Gasteiger partial charge in [0.1, 0.15) is 0 Å². The van der Waals surface area contributed by atoms with Crippen molar-refractivity contribution < 1.29 is 39.6 Å². The van der Waals surface area contributed by atoms with Crippen molar-refractivity contribution in [1.82, 2.24) is 0 Å². The number of carboxylic acids is 4. The van der Waals surface area contributed by atoms with Crippen LogP contribution >= 0.6 is 0 Å². The normalized spacial score (nSPS) is 8.12. The summed E-state index contributed by atoms with van der Waals surface area (Å²) in [6.45, 7) is 20.1. The Morgan fingerprint density at radius 3 is 0.424 bits per heavy atom. The Morgan fingerprint density at radius 1 is 0.333 bits per heavy atom. The number of rotatable bonds is 4. The molecule has 0 fully saturated rings. The zero-order valence-corrected chi connectivity index (χ0v) is 25.7. The molecule has 0 saturated heterocycles. The van der Waals surface area contributed by atoms with Crippen molar-refractivity contribution >= 4 is 51.2 Å². The minimum atomic E-state index is -1.08. The minimum absolute atomic E-state index is 0. The van der Waals surface area contributed by atoms with E-state index < -0.39 is 23.9 Å². The fraction of sp³-hybridized carbons (Fsp3) is 0.500. The van der Waals surface area contributed by atoms with E-state index in [0.717, 1.165) is 22.3 Å². The second-order valence-corrected chi connectivity index (χ2v) is 7.65. The number of allylic oxidation sites excluding steroid dienone is 4. The molecule has 188 valence electrons. The van der Waals surface area contributed by atoms with Gasteiger partial charge in [-0.15, -0.1) is 0 Å². The molecule has 0 saturated carbocycles. The molecule has 0 rings (SSSR count). The predicted molar refractivity (Wildman–Crippen MR) is 122 cm³/mol. The van der Waals surface area contributed by atoms with Crippen LogP contribution in [0.3, 0.4) is 0 Å². The van der Waals surface area contributed by atoms with Crippen LogP contribution < -0.4 is 20.4 Å². The first-order valence-electron chi connectivity index (χ1n) is 9.63. The van der Waals surface area contributed by atoms with Gasteiger partial charge in [-0.25, -0.2) is 0 Å². The van der Waals surface area contributed by atoms with E-state index in [9.17, 15) is 39.6 Å². The quantitative estimate of drug-likeness (QED) is 0.301. The fourth-order valence-corrected chi connectivity index (χ4v) is 0.816. The average Bonchev–Trinajstić information content (AvgIpc) is 2.65. The molecule has 0 aromatic rings. The van der Waals surface area contributed by atoms with E-state index in [1.807, 2.05) is 0 Å². The van der Waals surface area contributed by atoms with E-state index in [1.165, 1.54) is 27.7 Å². The van der Waals surface area contributed by atoms with Gasteiger partial charge >= 0.3 is 0 Å². The summed E-state index contributed by atoms with van der Waals surface area (Å²) in [5.41, 5.74) is 4.48. The Labute approximate surface area is 217 Å². The molecule has 9 heteroatoms. The molecule has 0 unspecified atom stereocenters. The first kappa shape index (κ1) is 41.1. The second-order valence-electron chi connectivity index (χ2n) is 7.65. The molecule has 33 heavy (non-hydrogen) atoms. The van der Waals surface area contributed by atoms with Crippen LogP contribution in [0.15, 0.2) is 44.6 Å².